The van der Waals surface area contributed by atoms with Crippen molar-refractivity contribution in [3.63, 3.8) is 0 Å². The molecule has 66 valence electrons. The highest BCUT2D eigenvalue weighted by atomic mass is 16.7. The first-order valence-electron chi connectivity index (χ1n) is 4.22. The minimum Gasteiger partial charge on any atom is -0.396 e. The third-order valence-electron chi connectivity index (χ3n) is 2.00. The van der Waals surface area contributed by atoms with Crippen LogP contribution in [0.25, 0.3) is 0 Å². The highest BCUT2D eigenvalue weighted by molar-refractivity contribution is 4.62. The lowest BCUT2D eigenvalue weighted by molar-refractivity contribution is -0.210. The van der Waals surface area contributed by atoms with Crippen molar-refractivity contribution in [2.75, 3.05) is 19.8 Å². The monoisotopic (exact) mass is 160 g/mol. The average molecular weight is 160 g/mol. The van der Waals surface area contributed by atoms with E-state index in [0.29, 0.717) is 0 Å². The van der Waals surface area contributed by atoms with Crippen LogP contribution in [0.5, 0.6) is 0 Å². The highest BCUT2D eigenvalue weighted by Gasteiger charge is 2.22. The lowest BCUT2D eigenvalue weighted by atomic mass is 10.1. The predicted octanol–water partition coefficient (Wildman–Crippen LogP) is 0.768. The van der Waals surface area contributed by atoms with E-state index in [4.69, 9.17) is 14.6 Å². The number of aliphatic hydroxyl groups excluding tert-OH is 1. The van der Waals surface area contributed by atoms with E-state index in [9.17, 15) is 0 Å². The van der Waals surface area contributed by atoms with Gasteiger partial charge in [0.1, 0.15) is 0 Å². The largest absolute Gasteiger partial charge is 0.396 e. The van der Waals surface area contributed by atoms with E-state index in [0.717, 1.165) is 26.1 Å². The number of aliphatic hydroxyl groups is 1. The summed E-state index contributed by atoms with van der Waals surface area (Å²) in [5, 5.41) is 8.92. The van der Waals surface area contributed by atoms with Crippen molar-refractivity contribution in [1.82, 2.24) is 0 Å². The van der Waals surface area contributed by atoms with Crippen LogP contribution in [0.3, 0.4) is 0 Å². The van der Waals surface area contributed by atoms with Gasteiger partial charge in [0, 0.05) is 5.92 Å². The van der Waals surface area contributed by atoms with Gasteiger partial charge in [-0.05, 0) is 12.8 Å². The maximum absolute atomic E-state index is 8.92. The summed E-state index contributed by atoms with van der Waals surface area (Å²) in [6.07, 6.45) is 1.71. The summed E-state index contributed by atoms with van der Waals surface area (Å²) in [5.74, 6) is 0.148. The first-order chi connectivity index (χ1) is 5.38. The molecule has 1 atom stereocenters. The second-order valence-corrected chi connectivity index (χ2v) is 2.81. The van der Waals surface area contributed by atoms with Crippen LogP contribution in [0.2, 0.25) is 0 Å². The van der Waals surface area contributed by atoms with Crippen molar-refractivity contribution >= 4 is 0 Å². The Morgan fingerprint density at radius 2 is 2.09 bits per heavy atom. The number of rotatable bonds is 3. The van der Waals surface area contributed by atoms with Gasteiger partial charge >= 0.3 is 0 Å². The number of hydrogen-bond donors (Lipinski definition) is 1. The summed E-state index contributed by atoms with van der Waals surface area (Å²) < 4.78 is 10.7. The summed E-state index contributed by atoms with van der Waals surface area (Å²) in [6, 6.07) is 0. The van der Waals surface area contributed by atoms with Gasteiger partial charge in [-0.2, -0.15) is 0 Å². The summed E-state index contributed by atoms with van der Waals surface area (Å²) in [7, 11) is 0. The maximum Gasteiger partial charge on any atom is 0.162 e. The maximum atomic E-state index is 8.92. The zero-order valence-electron chi connectivity index (χ0n) is 6.95. The van der Waals surface area contributed by atoms with Gasteiger partial charge in [-0.3, -0.25) is 0 Å². The van der Waals surface area contributed by atoms with Gasteiger partial charge in [-0.15, -0.1) is 0 Å². The van der Waals surface area contributed by atoms with Crippen LogP contribution in [-0.4, -0.2) is 31.2 Å². The normalized spacial score (nSPS) is 23.5. The lowest BCUT2D eigenvalue weighted by Crippen LogP contribution is -2.33. The number of ether oxygens (including phenoxy) is 2. The molecule has 0 aromatic rings. The van der Waals surface area contributed by atoms with Gasteiger partial charge < -0.3 is 14.6 Å². The van der Waals surface area contributed by atoms with Gasteiger partial charge in [0.25, 0.3) is 0 Å². The zero-order valence-corrected chi connectivity index (χ0v) is 6.95. The molecule has 0 bridgehead atoms. The van der Waals surface area contributed by atoms with E-state index in [1.54, 1.807) is 0 Å². The van der Waals surface area contributed by atoms with Crippen LogP contribution in [0.15, 0.2) is 0 Å². The predicted molar refractivity (Wildman–Crippen MR) is 41.2 cm³/mol. The zero-order chi connectivity index (χ0) is 8.10. The standard InChI is InChI=1S/C8H16O3/c1-2-7(6-9)8-10-4-3-5-11-8/h7-9H,2-6H2,1H3. The van der Waals surface area contributed by atoms with Crippen molar-refractivity contribution in [3.05, 3.63) is 0 Å². The molecule has 0 saturated carbocycles. The minimum atomic E-state index is -0.168. The van der Waals surface area contributed by atoms with E-state index < -0.39 is 0 Å². The van der Waals surface area contributed by atoms with Crippen molar-refractivity contribution in [2.24, 2.45) is 5.92 Å². The molecule has 11 heavy (non-hydrogen) atoms. The molecule has 1 N–H and O–H groups in total. The van der Waals surface area contributed by atoms with Crippen LogP contribution in [0, 0.1) is 5.92 Å². The molecule has 1 heterocycles. The molecule has 1 saturated heterocycles. The smallest absolute Gasteiger partial charge is 0.162 e. The van der Waals surface area contributed by atoms with Gasteiger partial charge in [-0.1, -0.05) is 6.92 Å². The molecule has 0 spiro atoms. The second kappa shape index (κ2) is 4.70. The molecule has 1 rings (SSSR count). The summed E-state index contributed by atoms with van der Waals surface area (Å²) >= 11 is 0. The van der Waals surface area contributed by atoms with Gasteiger partial charge in [0.05, 0.1) is 19.8 Å². The second-order valence-electron chi connectivity index (χ2n) is 2.81. The lowest BCUT2D eigenvalue weighted by Gasteiger charge is -2.28. The Labute approximate surface area is 67.3 Å². The summed E-state index contributed by atoms with van der Waals surface area (Å²) in [6.45, 7) is 3.71. The molecule has 0 aliphatic carbocycles. The van der Waals surface area contributed by atoms with Crippen LogP contribution in [0.4, 0.5) is 0 Å². The molecule has 3 nitrogen and oxygen atoms in total. The number of hydrogen-bond acceptors (Lipinski definition) is 3. The molecular weight excluding hydrogens is 144 g/mol. The Hall–Kier alpha value is -0.120. The minimum absolute atomic E-state index is 0.148. The van der Waals surface area contributed by atoms with E-state index >= 15 is 0 Å². The van der Waals surface area contributed by atoms with E-state index in [1.807, 2.05) is 6.92 Å². The van der Waals surface area contributed by atoms with Crippen LogP contribution in [0.1, 0.15) is 19.8 Å². The Kier molecular flexibility index (Phi) is 3.83. The molecule has 0 amide bonds. The third-order valence-corrected chi connectivity index (χ3v) is 2.00. The molecule has 1 unspecified atom stereocenters. The van der Waals surface area contributed by atoms with Crippen molar-refractivity contribution in [1.29, 1.82) is 0 Å². The van der Waals surface area contributed by atoms with Crippen molar-refractivity contribution in [2.45, 2.75) is 26.1 Å². The molecule has 1 aliphatic heterocycles. The van der Waals surface area contributed by atoms with E-state index in [1.165, 1.54) is 0 Å². The molecule has 0 aromatic heterocycles. The first kappa shape index (κ1) is 8.97. The Bertz CT molecular complexity index is 95.5. The quantitative estimate of drug-likeness (QED) is 0.662. The molecule has 0 radical (unpaired) electrons. The summed E-state index contributed by atoms with van der Waals surface area (Å²) in [4.78, 5) is 0. The van der Waals surface area contributed by atoms with Crippen LogP contribution in [-0.2, 0) is 9.47 Å². The third kappa shape index (κ3) is 2.43. The van der Waals surface area contributed by atoms with Crippen molar-refractivity contribution < 1.29 is 14.6 Å². The Morgan fingerprint density at radius 3 is 2.55 bits per heavy atom. The van der Waals surface area contributed by atoms with Crippen LogP contribution < -0.4 is 0 Å². The molecule has 1 fully saturated rings. The molecule has 1 aliphatic rings. The first-order valence-corrected chi connectivity index (χ1v) is 4.22. The fourth-order valence-electron chi connectivity index (χ4n) is 1.19. The van der Waals surface area contributed by atoms with Crippen LogP contribution >= 0.6 is 0 Å². The SMILES string of the molecule is CCC(CO)C1OCCCO1. The fourth-order valence-corrected chi connectivity index (χ4v) is 1.19. The average Bonchev–Trinajstić information content (AvgIpc) is 2.09. The summed E-state index contributed by atoms with van der Waals surface area (Å²) in [5.41, 5.74) is 0. The highest BCUT2D eigenvalue weighted by Crippen LogP contribution is 2.16. The molecule has 3 heteroatoms. The van der Waals surface area contributed by atoms with Crippen molar-refractivity contribution in [3.8, 4) is 0 Å². The van der Waals surface area contributed by atoms with E-state index in [-0.39, 0.29) is 18.8 Å². The van der Waals surface area contributed by atoms with E-state index in [2.05, 4.69) is 0 Å². The molecule has 0 aromatic carbocycles. The fraction of sp³-hybridized carbons (Fsp3) is 1.00. The van der Waals surface area contributed by atoms with Gasteiger partial charge in [0.15, 0.2) is 6.29 Å². The molecular formula is C8H16O3. The Balaban J connectivity index is 2.30. The Morgan fingerprint density at radius 1 is 1.45 bits per heavy atom. The van der Waals surface area contributed by atoms with Gasteiger partial charge in [0.2, 0.25) is 0 Å². The topological polar surface area (TPSA) is 38.7 Å². The van der Waals surface area contributed by atoms with Gasteiger partial charge in [-0.25, -0.2) is 0 Å².